The molecule has 6 aromatic carbocycles. The maximum atomic E-state index is 6.87. The lowest BCUT2D eigenvalue weighted by molar-refractivity contribution is 0.517. The molecule has 0 aromatic heterocycles. The van der Waals surface area contributed by atoms with Crippen molar-refractivity contribution in [1.82, 2.24) is 0 Å². The van der Waals surface area contributed by atoms with Crippen LogP contribution in [0.3, 0.4) is 0 Å². The van der Waals surface area contributed by atoms with Crippen molar-refractivity contribution in [2.75, 3.05) is 0 Å². The molecule has 0 N–H and O–H groups in total. The summed E-state index contributed by atoms with van der Waals surface area (Å²) in [6.45, 7) is 27.4. The predicted molar refractivity (Wildman–Crippen MR) is 239 cm³/mol. The van der Waals surface area contributed by atoms with E-state index in [1.165, 1.54) is 44.5 Å². The van der Waals surface area contributed by atoms with Gasteiger partial charge in [0.05, 0.1) is 0 Å². The van der Waals surface area contributed by atoms with E-state index in [0.29, 0.717) is 0 Å². The number of hydrogen-bond acceptors (Lipinski definition) is 2. The van der Waals surface area contributed by atoms with E-state index in [-0.39, 0.29) is 30.7 Å². The first-order valence-corrected chi connectivity index (χ1v) is 20.4. The number of rotatable bonds is 8. The fourth-order valence-electron chi connectivity index (χ4n) is 7.80. The molecule has 3 heteroatoms. The maximum Gasteiger partial charge on any atom is 0.275 e. The van der Waals surface area contributed by atoms with Crippen LogP contribution in [0.1, 0.15) is 105 Å². The second kappa shape index (κ2) is 15.5. The van der Waals surface area contributed by atoms with Crippen molar-refractivity contribution in [3.05, 3.63) is 156 Å². The Balaban J connectivity index is 1.51. The highest BCUT2D eigenvalue weighted by Gasteiger charge is 2.28. The van der Waals surface area contributed by atoms with Crippen molar-refractivity contribution in [1.29, 1.82) is 0 Å². The summed E-state index contributed by atoms with van der Waals surface area (Å²) in [5, 5.41) is 0. The summed E-state index contributed by atoms with van der Waals surface area (Å²) in [6.07, 6.45) is 0. The zero-order chi connectivity index (χ0) is 39.8. The first-order valence-electron chi connectivity index (χ1n) is 19.6. The molecule has 0 saturated carbocycles. The summed E-state index contributed by atoms with van der Waals surface area (Å²) < 4.78 is 13.7. The van der Waals surface area contributed by atoms with Gasteiger partial charge < -0.3 is 9.05 Å². The lowest BCUT2D eigenvalue weighted by Gasteiger charge is -2.28. The molecule has 0 amide bonds. The van der Waals surface area contributed by atoms with Gasteiger partial charge in [-0.3, -0.25) is 0 Å². The fraction of sp³-hybridized carbons (Fsp3) is 0.308. The maximum absolute atomic E-state index is 6.87. The second-order valence-corrected chi connectivity index (χ2v) is 19.4. The third-order valence-electron chi connectivity index (χ3n) is 10.4. The molecule has 2 nitrogen and oxygen atoms in total. The molecule has 0 atom stereocenters. The summed E-state index contributed by atoms with van der Waals surface area (Å²) in [7, 11) is -0.283. The molecule has 284 valence electrons. The van der Waals surface area contributed by atoms with Crippen LogP contribution in [0.5, 0.6) is 11.5 Å². The van der Waals surface area contributed by atoms with Gasteiger partial charge in [0, 0.05) is 11.1 Å². The first-order chi connectivity index (χ1) is 25.9. The Bertz CT molecular complexity index is 2120. The molecular weight excluding hydrogens is 688 g/mol. The molecule has 55 heavy (non-hydrogen) atoms. The van der Waals surface area contributed by atoms with E-state index >= 15 is 0 Å². The Morgan fingerprint density at radius 2 is 0.545 bits per heavy atom. The summed E-state index contributed by atoms with van der Waals surface area (Å²) in [4.78, 5) is 0. The molecule has 0 aliphatic carbocycles. The molecule has 0 radical (unpaired) electrons. The molecule has 0 bridgehead atoms. The average molecular weight is 747 g/mol. The van der Waals surface area contributed by atoms with Crippen molar-refractivity contribution in [3.8, 4) is 56.0 Å². The summed E-state index contributed by atoms with van der Waals surface area (Å²) >= 11 is 0. The van der Waals surface area contributed by atoms with Crippen LogP contribution in [0.15, 0.2) is 133 Å². The molecule has 0 spiro atoms. The lowest BCUT2D eigenvalue weighted by Crippen LogP contribution is -2.14. The molecule has 6 rings (SSSR count). The van der Waals surface area contributed by atoms with Gasteiger partial charge in [0.25, 0.3) is 9.03 Å². The SMILES string of the molecule is CC(C)(C)c1ccccc1-c1cccc(OPOc2cccc(-c3ccccc3C(C)(C)C)c2-c2ccccc2C(C)(C)C)c1-c1ccccc1C(C)(C)C. The third kappa shape index (κ3) is 8.61. The van der Waals surface area contributed by atoms with Crippen LogP contribution in [0.4, 0.5) is 0 Å². The lowest BCUT2D eigenvalue weighted by atomic mass is 9.77. The van der Waals surface area contributed by atoms with Gasteiger partial charge in [-0.25, -0.2) is 0 Å². The van der Waals surface area contributed by atoms with Gasteiger partial charge in [-0.05, 0) is 89.4 Å². The van der Waals surface area contributed by atoms with Crippen molar-refractivity contribution in [3.63, 3.8) is 0 Å². The van der Waals surface area contributed by atoms with Gasteiger partial charge in [-0.15, -0.1) is 0 Å². The van der Waals surface area contributed by atoms with E-state index in [1.807, 2.05) is 0 Å². The van der Waals surface area contributed by atoms with Crippen molar-refractivity contribution in [2.24, 2.45) is 0 Å². The largest absolute Gasteiger partial charge is 0.440 e. The van der Waals surface area contributed by atoms with E-state index in [0.717, 1.165) is 33.8 Å². The summed E-state index contributed by atoms with van der Waals surface area (Å²) in [6, 6.07) is 48.1. The quantitative estimate of drug-likeness (QED) is 0.144. The zero-order valence-electron chi connectivity index (χ0n) is 35.0. The Morgan fingerprint density at radius 1 is 0.291 bits per heavy atom. The summed E-state index contributed by atoms with van der Waals surface area (Å²) in [5.74, 6) is 1.62. The van der Waals surface area contributed by atoms with Crippen molar-refractivity contribution < 1.29 is 9.05 Å². The Labute approximate surface area is 333 Å². The van der Waals surface area contributed by atoms with Gasteiger partial charge in [0.1, 0.15) is 11.5 Å². The molecule has 0 aliphatic heterocycles. The van der Waals surface area contributed by atoms with E-state index < -0.39 is 0 Å². The van der Waals surface area contributed by atoms with E-state index in [4.69, 9.17) is 9.05 Å². The molecule has 0 heterocycles. The molecule has 0 unspecified atom stereocenters. The van der Waals surface area contributed by atoms with Crippen LogP contribution < -0.4 is 9.05 Å². The molecule has 0 aliphatic rings. The van der Waals surface area contributed by atoms with Crippen molar-refractivity contribution >= 4 is 9.03 Å². The Kier molecular flexibility index (Phi) is 11.3. The van der Waals surface area contributed by atoms with Gasteiger partial charge in [0.2, 0.25) is 0 Å². The molecule has 0 fully saturated rings. The van der Waals surface area contributed by atoms with Gasteiger partial charge in [-0.1, -0.05) is 204 Å². The van der Waals surface area contributed by atoms with Crippen LogP contribution in [0.25, 0.3) is 44.5 Å². The Hall–Kier alpha value is -4.65. The molecule has 0 saturated heterocycles. The van der Waals surface area contributed by atoms with Crippen molar-refractivity contribution in [2.45, 2.75) is 105 Å². The standard InChI is InChI=1S/C52H59O2P/c1-49(2,3)41-29-17-13-23-35(41)37-27-21-33-45(47(37)39-25-15-19-31-43(39)51(7,8)9)53-55-54-46-34-22-28-38(36-24-14-18-30-42(36)50(4,5)6)48(46)40-26-16-20-32-44(40)52(10,11)12/h13-34,55H,1-12H3. The van der Waals surface area contributed by atoms with Crippen LogP contribution >= 0.6 is 9.03 Å². The fourth-order valence-corrected chi connectivity index (χ4v) is 8.36. The van der Waals surface area contributed by atoms with Gasteiger partial charge in [0.15, 0.2) is 0 Å². The van der Waals surface area contributed by atoms with Gasteiger partial charge >= 0.3 is 0 Å². The monoisotopic (exact) mass is 746 g/mol. The smallest absolute Gasteiger partial charge is 0.275 e. The third-order valence-corrected chi connectivity index (χ3v) is 11.0. The van der Waals surface area contributed by atoms with Crippen LogP contribution in [-0.2, 0) is 21.7 Å². The average Bonchev–Trinajstić information content (AvgIpc) is 3.13. The zero-order valence-corrected chi connectivity index (χ0v) is 36.0. The number of benzene rings is 6. The van der Waals surface area contributed by atoms with Crippen LogP contribution in [0.2, 0.25) is 0 Å². The minimum absolute atomic E-state index is 0.0461. The number of hydrogen-bond donors (Lipinski definition) is 0. The predicted octanol–water partition coefficient (Wildman–Crippen LogP) is 15.5. The second-order valence-electron chi connectivity index (χ2n) is 18.8. The first kappa shape index (κ1) is 40.0. The van der Waals surface area contributed by atoms with E-state index in [1.54, 1.807) is 0 Å². The van der Waals surface area contributed by atoms with Gasteiger partial charge in [-0.2, -0.15) is 0 Å². The van der Waals surface area contributed by atoms with E-state index in [9.17, 15) is 0 Å². The van der Waals surface area contributed by atoms with E-state index in [2.05, 4.69) is 217 Å². The topological polar surface area (TPSA) is 18.5 Å². The highest BCUT2D eigenvalue weighted by atomic mass is 31.1. The summed E-state index contributed by atoms with van der Waals surface area (Å²) in [5.41, 5.74) is 14.2. The molecule has 6 aromatic rings. The minimum Gasteiger partial charge on any atom is -0.440 e. The van der Waals surface area contributed by atoms with Crippen LogP contribution in [-0.4, -0.2) is 0 Å². The molecular formula is C52H59O2P. The normalized spacial score (nSPS) is 12.4. The highest BCUT2D eigenvalue weighted by molar-refractivity contribution is 7.27. The highest BCUT2D eigenvalue weighted by Crippen LogP contribution is 2.50. The Morgan fingerprint density at radius 3 is 0.855 bits per heavy atom. The van der Waals surface area contributed by atoms with Crippen LogP contribution in [0, 0.1) is 0 Å². The minimum atomic E-state index is -0.283.